The van der Waals surface area contributed by atoms with Crippen LogP contribution in [0, 0.1) is 23.2 Å². The second kappa shape index (κ2) is 9.00. The lowest BCUT2D eigenvalue weighted by Crippen LogP contribution is -2.57. The second-order valence-corrected chi connectivity index (χ2v) is 11.2. The first-order valence-electron chi connectivity index (χ1n) is 12.1. The number of rotatable bonds is 7. The molecule has 0 aromatic carbocycles. The highest BCUT2D eigenvalue weighted by Crippen LogP contribution is 2.78. The molecule has 4 amide bonds. The Bertz CT molecular complexity index is 974. The van der Waals surface area contributed by atoms with Crippen LogP contribution in [0.15, 0.2) is 0 Å². The largest absolute Gasteiger partial charge is 0.522 e. The van der Waals surface area contributed by atoms with Crippen molar-refractivity contribution in [2.45, 2.75) is 70.4 Å². The van der Waals surface area contributed by atoms with Crippen LogP contribution in [0.5, 0.6) is 0 Å². The van der Waals surface area contributed by atoms with E-state index in [1.807, 2.05) is 0 Å². The van der Waals surface area contributed by atoms with Gasteiger partial charge in [0.25, 0.3) is 0 Å². The first kappa shape index (κ1) is 26.4. The van der Waals surface area contributed by atoms with Crippen molar-refractivity contribution >= 4 is 29.4 Å². The number of hydrogen-bond acceptors (Lipinski definition) is 6. The van der Waals surface area contributed by atoms with Crippen LogP contribution in [0.3, 0.4) is 0 Å². The average molecular weight is 517 g/mol. The fourth-order valence-electron chi connectivity index (χ4n) is 5.78. The molecule has 36 heavy (non-hydrogen) atoms. The fraction of sp³-hybridized carbons (Fsp3) is 0.783. The highest BCUT2D eigenvalue weighted by molar-refractivity contribution is 6.35. The lowest BCUT2D eigenvalue weighted by Gasteiger charge is -2.30. The number of fused-ring (bicyclic) bond motifs is 3. The van der Waals surface area contributed by atoms with Crippen LogP contribution in [0.2, 0.25) is 0 Å². The second-order valence-electron chi connectivity index (χ2n) is 11.2. The van der Waals surface area contributed by atoms with Gasteiger partial charge in [-0.2, -0.15) is 0 Å². The molecule has 1 spiro atoms. The molecule has 4 aliphatic rings. The third-order valence-electron chi connectivity index (χ3n) is 7.60. The fourth-order valence-corrected chi connectivity index (χ4v) is 5.78. The molecule has 0 radical (unpaired) electrons. The quantitative estimate of drug-likeness (QED) is 0.416. The Morgan fingerprint density at radius 1 is 1.19 bits per heavy atom. The summed E-state index contributed by atoms with van der Waals surface area (Å²) in [6.07, 6.45) is -3.07. The zero-order valence-corrected chi connectivity index (χ0v) is 20.4. The van der Waals surface area contributed by atoms with Gasteiger partial charge >= 0.3 is 18.2 Å². The number of carbonyl (C=O) groups excluding carboxylic acids is 5. The minimum absolute atomic E-state index is 0.0521. The number of nitrogens with zero attached hydrogens (tertiary/aromatic N) is 1. The van der Waals surface area contributed by atoms with Gasteiger partial charge in [0, 0.05) is 24.5 Å². The SMILES string of the molecule is CC(C)(C)NC(=O)C(=O)N1C[C@H]2[C@@H]([C@H]1C(=O)NC(C[C@@H]1CCNC1=O)C(=O)COC(F)(F)F)C21CC1. The molecule has 4 rings (SSSR count). The Kier molecular flexibility index (Phi) is 6.59. The Balaban J connectivity index is 1.50. The summed E-state index contributed by atoms with van der Waals surface area (Å²) in [5, 5.41) is 7.67. The van der Waals surface area contributed by atoms with Crippen molar-refractivity contribution in [3.63, 3.8) is 0 Å². The van der Waals surface area contributed by atoms with E-state index in [1.54, 1.807) is 20.8 Å². The lowest BCUT2D eigenvalue weighted by atomic mass is 9.95. The molecular formula is C23H31F3N4O6. The van der Waals surface area contributed by atoms with E-state index < -0.39 is 60.0 Å². The highest BCUT2D eigenvalue weighted by Gasteiger charge is 2.79. The Morgan fingerprint density at radius 2 is 1.86 bits per heavy atom. The molecule has 10 nitrogen and oxygen atoms in total. The monoisotopic (exact) mass is 516 g/mol. The van der Waals surface area contributed by atoms with Gasteiger partial charge in [0.1, 0.15) is 12.6 Å². The molecule has 2 aliphatic carbocycles. The minimum Gasteiger partial charge on any atom is -0.356 e. The summed E-state index contributed by atoms with van der Waals surface area (Å²) in [7, 11) is 0. The van der Waals surface area contributed by atoms with Gasteiger partial charge in [0.2, 0.25) is 11.8 Å². The van der Waals surface area contributed by atoms with Gasteiger partial charge in [0.05, 0.1) is 6.04 Å². The zero-order valence-electron chi connectivity index (χ0n) is 20.4. The van der Waals surface area contributed by atoms with Gasteiger partial charge in [0.15, 0.2) is 5.78 Å². The van der Waals surface area contributed by atoms with Gasteiger partial charge in [-0.25, -0.2) is 0 Å². The number of likely N-dealkylation sites (tertiary alicyclic amines) is 1. The Morgan fingerprint density at radius 3 is 2.39 bits per heavy atom. The molecular weight excluding hydrogens is 485 g/mol. The number of nitrogens with one attached hydrogen (secondary N) is 3. The van der Waals surface area contributed by atoms with Gasteiger partial charge in [-0.05, 0) is 63.7 Å². The first-order chi connectivity index (χ1) is 16.6. The van der Waals surface area contributed by atoms with Crippen molar-refractivity contribution in [1.29, 1.82) is 0 Å². The number of ether oxygens (including phenoxy) is 1. The summed E-state index contributed by atoms with van der Waals surface area (Å²) in [4.78, 5) is 64.8. The molecule has 0 aromatic heterocycles. The molecule has 5 atom stereocenters. The minimum atomic E-state index is -5.04. The molecule has 200 valence electrons. The van der Waals surface area contributed by atoms with Crippen LogP contribution in [0.1, 0.15) is 46.5 Å². The van der Waals surface area contributed by atoms with Crippen molar-refractivity contribution in [3.8, 4) is 0 Å². The number of piperidine rings is 1. The summed E-state index contributed by atoms with van der Waals surface area (Å²) in [6.45, 7) is 4.39. The number of carbonyl (C=O) groups is 5. The number of Topliss-reactive ketones (excluding diaryl/α,β-unsaturated/α-hetero) is 1. The van der Waals surface area contributed by atoms with Crippen LogP contribution in [0.4, 0.5) is 13.2 Å². The van der Waals surface area contributed by atoms with Gasteiger partial charge < -0.3 is 20.9 Å². The van der Waals surface area contributed by atoms with Crippen molar-refractivity contribution in [2.75, 3.05) is 19.7 Å². The van der Waals surface area contributed by atoms with Crippen LogP contribution in [-0.4, -0.2) is 78.0 Å². The summed E-state index contributed by atoms with van der Waals surface area (Å²) in [5.74, 6) is -4.61. The highest BCUT2D eigenvalue weighted by atomic mass is 19.4. The van der Waals surface area contributed by atoms with Gasteiger partial charge in [-0.15, -0.1) is 13.2 Å². The van der Waals surface area contributed by atoms with E-state index in [0.717, 1.165) is 12.8 Å². The number of amides is 4. The van der Waals surface area contributed by atoms with E-state index in [9.17, 15) is 37.1 Å². The van der Waals surface area contributed by atoms with Crippen LogP contribution >= 0.6 is 0 Å². The van der Waals surface area contributed by atoms with E-state index in [4.69, 9.17) is 0 Å². The van der Waals surface area contributed by atoms with E-state index in [0.29, 0.717) is 13.0 Å². The third-order valence-corrected chi connectivity index (χ3v) is 7.60. The Labute approximate surface area is 206 Å². The predicted molar refractivity (Wildman–Crippen MR) is 117 cm³/mol. The maximum atomic E-state index is 13.4. The molecule has 3 N–H and O–H groups in total. The molecule has 0 bridgehead atoms. The number of ketones is 1. The van der Waals surface area contributed by atoms with Gasteiger partial charge in [-0.3, -0.25) is 28.7 Å². The number of hydrogen-bond donors (Lipinski definition) is 3. The maximum Gasteiger partial charge on any atom is 0.522 e. The van der Waals surface area contributed by atoms with Crippen molar-refractivity contribution in [3.05, 3.63) is 0 Å². The summed E-state index contributed by atoms with van der Waals surface area (Å²) in [5.41, 5.74) is -0.730. The molecule has 0 aromatic rings. The molecule has 2 aliphatic heterocycles. The van der Waals surface area contributed by atoms with E-state index in [-0.39, 0.29) is 36.1 Å². The topological polar surface area (TPSA) is 134 Å². The summed E-state index contributed by atoms with van der Waals surface area (Å²) >= 11 is 0. The zero-order chi connectivity index (χ0) is 26.6. The molecule has 2 heterocycles. The summed E-state index contributed by atoms with van der Waals surface area (Å²) in [6, 6.07) is -2.44. The maximum absolute atomic E-state index is 13.4. The van der Waals surface area contributed by atoms with Crippen molar-refractivity contribution < 1.29 is 41.9 Å². The van der Waals surface area contributed by atoms with Crippen LogP contribution in [0.25, 0.3) is 0 Å². The van der Waals surface area contributed by atoms with Crippen molar-refractivity contribution in [2.24, 2.45) is 23.2 Å². The summed E-state index contributed by atoms with van der Waals surface area (Å²) < 4.78 is 41.2. The smallest absolute Gasteiger partial charge is 0.356 e. The Hall–Kier alpha value is -2.70. The molecule has 2 saturated heterocycles. The predicted octanol–water partition coefficient (Wildman–Crippen LogP) is 0.255. The number of halogens is 3. The third kappa shape index (κ3) is 5.35. The average Bonchev–Trinajstić information content (AvgIpc) is 3.53. The van der Waals surface area contributed by atoms with Crippen LogP contribution in [-0.2, 0) is 28.7 Å². The molecule has 4 fully saturated rings. The molecule has 13 heteroatoms. The van der Waals surface area contributed by atoms with E-state index in [2.05, 4.69) is 20.7 Å². The van der Waals surface area contributed by atoms with Crippen LogP contribution < -0.4 is 16.0 Å². The first-order valence-corrected chi connectivity index (χ1v) is 12.1. The number of alkyl halides is 3. The normalized spacial score (nSPS) is 28.8. The molecule has 1 unspecified atom stereocenters. The lowest BCUT2D eigenvalue weighted by molar-refractivity contribution is -0.321. The van der Waals surface area contributed by atoms with Crippen molar-refractivity contribution in [1.82, 2.24) is 20.9 Å². The standard InChI is InChI=1S/C23H31F3N4O6/c1-21(2,3)29-19(34)20(35)30-9-12-15(22(12)5-6-22)16(30)18(33)28-13(8-11-4-7-27-17(11)32)14(31)10-36-23(24,25)26/h11-13,15-16H,4-10H2,1-3H3,(H,27,32)(H,28,33)(H,29,34)/t11-,12-,13?,15-,16-/m0/s1. The van der Waals surface area contributed by atoms with Gasteiger partial charge in [-0.1, -0.05) is 0 Å². The van der Waals surface area contributed by atoms with E-state index >= 15 is 0 Å². The van der Waals surface area contributed by atoms with E-state index in [1.165, 1.54) is 4.90 Å². The molecule has 2 saturated carbocycles.